The van der Waals surface area contributed by atoms with Gasteiger partial charge in [0.15, 0.2) is 0 Å². The number of rotatable bonds is 4. The third kappa shape index (κ3) is 2.87. The summed E-state index contributed by atoms with van der Waals surface area (Å²) in [5, 5.41) is 6.24. The first-order valence-corrected chi connectivity index (χ1v) is 6.94. The molecule has 1 amide bonds. The van der Waals surface area contributed by atoms with Gasteiger partial charge in [0.25, 0.3) is 0 Å². The molecule has 0 radical (unpaired) electrons. The van der Waals surface area contributed by atoms with Crippen molar-refractivity contribution in [1.29, 1.82) is 0 Å². The van der Waals surface area contributed by atoms with E-state index in [-0.39, 0.29) is 11.8 Å². The van der Waals surface area contributed by atoms with Crippen LogP contribution in [-0.2, 0) is 11.3 Å². The van der Waals surface area contributed by atoms with Gasteiger partial charge in [0.05, 0.1) is 6.54 Å². The van der Waals surface area contributed by atoms with Crippen molar-refractivity contribution in [2.45, 2.75) is 27.3 Å². The van der Waals surface area contributed by atoms with Gasteiger partial charge >= 0.3 is 0 Å². The molecule has 2 N–H and O–H groups in total. The molecule has 1 fully saturated rings. The molecule has 17 heavy (non-hydrogen) atoms. The van der Waals surface area contributed by atoms with E-state index in [2.05, 4.69) is 30.5 Å². The Balaban J connectivity index is 1.83. The van der Waals surface area contributed by atoms with Crippen LogP contribution in [0.4, 0.5) is 0 Å². The number of amides is 1. The summed E-state index contributed by atoms with van der Waals surface area (Å²) in [5.41, 5.74) is 1.32. The monoisotopic (exact) mass is 252 g/mol. The highest BCUT2D eigenvalue weighted by Crippen LogP contribution is 2.21. The number of hydrogen-bond donors (Lipinski definition) is 2. The van der Waals surface area contributed by atoms with Gasteiger partial charge in [-0.1, -0.05) is 6.92 Å². The minimum atomic E-state index is 0.124. The van der Waals surface area contributed by atoms with Crippen LogP contribution in [0.3, 0.4) is 0 Å². The van der Waals surface area contributed by atoms with Gasteiger partial charge in [-0.15, -0.1) is 11.3 Å². The maximum atomic E-state index is 11.9. The zero-order chi connectivity index (χ0) is 12.4. The lowest BCUT2D eigenvalue weighted by Crippen LogP contribution is -2.49. The van der Waals surface area contributed by atoms with E-state index in [9.17, 15) is 4.79 Å². The van der Waals surface area contributed by atoms with E-state index in [1.165, 1.54) is 15.3 Å². The summed E-state index contributed by atoms with van der Waals surface area (Å²) in [5.74, 6) is 0.820. The Kier molecular flexibility index (Phi) is 3.84. The van der Waals surface area contributed by atoms with Crippen molar-refractivity contribution < 1.29 is 4.79 Å². The van der Waals surface area contributed by atoms with E-state index in [4.69, 9.17) is 0 Å². The van der Waals surface area contributed by atoms with Gasteiger partial charge in [0.2, 0.25) is 5.91 Å². The van der Waals surface area contributed by atoms with Crippen LogP contribution in [-0.4, -0.2) is 19.0 Å². The van der Waals surface area contributed by atoms with E-state index < -0.39 is 0 Å². The maximum Gasteiger partial charge on any atom is 0.223 e. The normalized spacial score (nSPS) is 17.6. The topological polar surface area (TPSA) is 41.1 Å². The van der Waals surface area contributed by atoms with Gasteiger partial charge in [0, 0.05) is 15.7 Å². The van der Waals surface area contributed by atoms with Crippen molar-refractivity contribution in [2.75, 3.05) is 13.1 Å². The van der Waals surface area contributed by atoms with Crippen molar-refractivity contribution in [3.05, 3.63) is 21.4 Å². The summed E-state index contributed by atoms with van der Waals surface area (Å²) in [6, 6.07) is 2.16. The van der Waals surface area contributed by atoms with Crippen molar-refractivity contribution in [2.24, 2.45) is 11.8 Å². The lowest BCUT2D eigenvalue weighted by Gasteiger charge is -2.31. The lowest BCUT2D eigenvalue weighted by molar-refractivity contribution is -0.126. The molecule has 0 aliphatic carbocycles. The molecule has 94 valence electrons. The van der Waals surface area contributed by atoms with Crippen molar-refractivity contribution in [1.82, 2.24) is 10.6 Å². The third-order valence-electron chi connectivity index (χ3n) is 3.59. The molecule has 1 unspecified atom stereocenters. The van der Waals surface area contributed by atoms with Crippen molar-refractivity contribution >= 4 is 17.2 Å². The van der Waals surface area contributed by atoms with Gasteiger partial charge in [-0.2, -0.15) is 0 Å². The molecule has 1 aromatic rings. The number of thiophene rings is 1. The second-order valence-electron chi connectivity index (χ2n) is 4.88. The molecule has 4 heteroatoms. The fraction of sp³-hybridized carbons (Fsp3) is 0.615. The molecule has 0 saturated carbocycles. The molecule has 1 saturated heterocycles. The number of nitrogens with one attached hydrogen (secondary N) is 2. The first-order valence-electron chi connectivity index (χ1n) is 6.12. The molecule has 1 aliphatic heterocycles. The Morgan fingerprint density at radius 3 is 2.76 bits per heavy atom. The fourth-order valence-electron chi connectivity index (χ4n) is 1.95. The molecule has 1 aromatic heterocycles. The standard InChI is InChI=1S/C13H20N2OS/c1-8-4-12(17-10(8)3)7-15-13(16)9(2)11-5-14-6-11/h4,9,11,14H,5-7H2,1-3H3,(H,15,16). The number of hydrogen-bond acceptors (Lipinski definition) is 3. The van der Waals surface area contributed by atoms with E-state index in [0.29, 0.717) is 12.5 Å². The summed E-state index contributed by atoms with van der Waals surface area (Å²) in [7, 11) is 0. The first-order chi connectivity index (χ1) is 8.08. The Bertz CT molecular complexity index is 390. The Labute approximate surface area is 107 Å². The zero-order valence-corrected chi connectivity index (χ0v) is 11.5. The van der Waals surface area contributed by atoms with Gasteiger partial charge in [-0.05, 0) is 44.5 Å². The van der Waals surface area contributed by atoms with E-state index in [1.807, 2.05) is 6.92 Å². The zero-order valence-electron chi connectivity index (χ0n) is 10.7. The highest BCUT2D eigenvalue weighted by molar-refractivity contribution is 7.12. The lowest BCUT2D eigenvalue weighted by atomic mass is 9.88. The summed E-state index contributed by atoms with van der Waals surface area (Å²) in [4.78, 5) is 14.5. The van der Waals surface area contributed by atoms with Crippen molar-refractivity contribution in [3.8, 4) is 0 Å². The van der Waals surface area contributed by atoms with Gasteiger partial charge < -0.3 is 10.6 Å². The highest BCUT2D eigenvalue weighted by Gasteiger charge is 2.28. The Hall–Kier alpha value is -0.870. The second-order valence-corrected chi connectivity index (χ2v) is 6.22. The summed E-state index contributed by atoms with van der Waals surface area (Å²) < 4.78 is 0. The van der Waals surface area contributed by atoms with E-state index in [0.717, 1.165) is 13.1 Å². The van der Waals surface area contributed by atoms with E-state index >= 15 is 0 Å². The summed E-state index contributed by atoms with van der Waals surface area (Å²) in [6.45, 7) is 8.87. The first kappa shape index (κ1) is 12.6. The van der Waals surface area contributed by atoms with Crippen LogP contribution in [0, 0.1) is 25.7 Å². The van der Waals surface area contributed by atoms with Crippen LogP contribution in [0.5, 0.6) is 0 Å². The second kappa shape index (κ2) is 5.19. The third-order valence-corrected chi connectivity index (χ3v) is 4.74. The molecule has 1 aliphatic rings. The smallest absolute Gasteiger partial charge is 0.223 e. The molecule has 0 aromatic carbocycles. The number of carbonyl (C=O) groups excluding carboxylic acids is 1. The predicted octanol–water partition coefficient (Wildman–Crippen LogP) is 1.84. The average Bonchev–Trinajstić information content (AvgIpc) is 2.52. The molecule has 0 bridgehead atoms. The Morgan fingerprint density at radius 1 is 1.59 bits per heavy atom. The largest absolute Gasteiger partial charge is 0.351 e. The Morgan fingerprint density at radius 2 is 2.29 bits per heavy atom. The average molecular weight is 252 g/mol. The molecular weight excluding hydrogens is 232 g/mol. The van der Waals surface area contributed by atoms with Gasteiger partial charge in [-0.3, -0.25) is 4.79 Å². The number of aryl methyl sites for hydroxylation is 2. The van der Waals surface area contributed by atoms with Crippen LogP contribution in [0.1, 0.15) is 22.2 Å². The molecule has 2 heterocycles. The van der Waals surface area contributed by atoms with Crippen LogP contribution >= 0.6 is 11.3 Å². The predicted molar refractivity (Wildman–Crippen MR) is 71.2 cm³/mol. The SMILES string of the molecule is Cc1cc(CNC(=O)C(C)C2CNC2)sc1C. The molecule has 3 nitrogen and oxygen atoms in total. The van der Waals surface area contributed by atoms with Crippen LogP contribution in [0.25, 0.3) is 0 Å². The van der Waals surface area contributed by atoms with Crippen LogP contribution in [0.2, 0.25) is 0 Å². The summed E-state index contributed by atoms with van der Waals surface area (Å²) >= 11 is 1.77. The van der Waals surface area contributed by atoms with Crippen LogP contribution < -0.4 is 10.6 Å². The van der Waals surface area contributed by atoms with E-state index in [1.54, 1.807) is 11.3 Å². The maximum absolute atomic E-state index is 11.9. The highest BCUT2D eigenvalue weighted by atomic mass is 32.1. The minimum Gasteiger partial charge on any atom is -0.351 e. The molecule has 2 rings (SSSR count). The summed E-state index contributed by atoms with van der Waals surface area (Å²) in [6.07, 6.45) is 0. The minimum absolute atomic E-state index is 0.124. The molecule has 0 spiro atoms. The van der Waals surface area contributed by atoms with Gasteiger partial charge in [-0.25, -0.2) is 0 Å². The molecular formula is C13H20N2OS. The van der Waals surface area contributed by atoms with Crippen LogP contribution in [0.15, 0.2) is 6.07 Å². The van der Waals surface area contributed by atoms with Crippen molar-refractivity contribution in [3.63, 3.8) is 0 Å². The molecule has 1 atom stereocenters. The van der Waals surface area contributed by atoms with Gasteiger partial charge in [0.1, 0.15) is 0 Å². The quantitative estimate of drug-likeness (QED) is 0.858. The number of carbonyl (C=O) groups is 1. The fourth-order valence-corrected chi connectivity index (χ4v) is 2.94.